The molecule has 7 heteroatoms. The zero-order chi connectivity index (χ0) is 10.1. The molecule has 0 aliphatic rings. The van der Waals surface area contributed by atoms with E-state index in [1.165, 1.54) is 11.3 Å². The van der Waals surface area contributed by atoms with Gasteiger partial charge in [-0.25, -0.2) is 4.68 Å². The zero-order valence-corrected chi connectivity index (χ0v) is 9.30. The molecule has 5 nitrogen and oxygen atoms in total. The number of hydrogen-bond donors (Lipinski definition) is 0. The fourth-order valence-corrected chi connectivity index (χ4v) is 2.93. The van der Waals surface area contributed by atoms with Crippen molar-refractivity contribution >= 4 is 22.1 Å². The highest BCUT2D eigenvalue weighted by atomic mass is 32.2. The Morgan fingerprint density at radius 2 is 2.36 bits per heavy atom. The number of aromatic nitrogens is 4. The van der Waals surface area contributed by atoms with Crippen LogP contribution in [0.2, 0.25) is 0 Å². The molecule has 0 aromatic carbocycles. The zero-order valence-electron chi connectivity index (χ0n) is 7.67. The monoisotopic (exact) mass is 228 g/mol. The first kappa shape index (κ1) is 9.47. The summed E-state index contributed by atoms with van der Waals surface area (Å²) in [6.07, 6.45) is 1.65. The van der Waals surface area contributed by atoms with Crippen molar-refractivity contribution < 1.29 is 4.21 Å². The summed E-state index contributed by atoms with van der Waals surface area (Å²) < 4.78 is 13.8. The van der Waals surface area contributed by atoms with Crippen LogP contribution >= 0.6 is 11.3 Å². The number of thiophene rings is 1. The lowest BCUT2D eigenvalue weighted by molar-refractivity contribution is 0.688. The van der Waals surface area contributed by atoms with Gasteiger partial charge in [0.15, 0.2) is 5.82 Å². The maximum Gasteiger partial charge on any atom is 0.183 e. The van der Waals surface area contributed by atoms with Gasteiger partial charge in [-0.05, 0) is 21.9 Å². The second kappa shape index (κ2) is 3.58. The predicted molar refractivity (Wildman–Crippen MR) is 54.4 cm³/mol. The molecule has 0 fully saturated rings. The van der Waals surface area contributed by atoms with Crippen LogP contribution in [0.4, 0.5) is 0 Å². The van der Waals surface area contributed by atoms with Gasteiger partial charge in [0.2, 0.25) is 0 Å². The van der Waals surface area contributed by atoms with E-state index in [1.54, 1.807) is 18.0 Å². The van der Waals surface area contributed by atoms with Crippen LogP contribution in [0.3, 0.4) is 0 Å². The van der Waals surface area contributed by atoms with Gasteiger partial charge in [-0.2, -0.15) is 0 Å². The highest BCUT2D eigenvalue weighted by Crippen LogP contribution is 2.28. The van der Waals surface area contributed by atoms with Crippen molar-refractivity contribution in [1.29, 1.82) is 0 Å². The minimum absolute atomic E-state index is 0.649. The summed E-state index contributed by atoms with van der Waals surface area (Å²) in [5.41, 5.74) is 0.850. The van der Waals surface area contributed by atoms with Crippen LogP contribution in [0.5, 0.6) is 0 Å². The number of tetrazole rings is 1. The third-order valence-corrected chi connectivity index (χ3v) is 4.19. The summed E-state index contributed by atoms with van der Waals surface area (Å²) >= 11 is 1.46. The minimum atomic E-state index is -0.993. The summed E-state index contributed by atoms with van der Waals surface area (Å²) in [7, 11) is 0.767. The Morgan fingerprint density at radius 1 is 1.57 bits per heavy atom. The van der Waals surface area contributed by atoms with Crippen molar-refractivity contribution in [3.8, 4) is 11.4 Å². The summed E-state index contributed by atoms with van der Waals surface area (Å²) in [5.74, 6) is 0.649. The van der Waals surface area contributed by atoms with Crippen LogP contribution < -0.4 is 0 Å². The van der Waals surface area contributed by atoms with Gasteiger partial charge >= 0.3 is 0 Å². The molecule has 0 radical (unpaired) electrons. The maximum atomic E-state index is 11.4. The van der Waals surface area contributed by atoms with Crippen LogP contribution in [0.1, 0.15) is 0 Å². The number of aryl methyl sites for hydroxylation is 1. The molecule has 0 aliphatic carbocycles. The van der Waals surface area contributed by atoms with Gasteiger partial charge in [0.25, 0.3) is 0 Å². The van der Waals surface area contributed by atoms with Gasteiger partial charge in [-0.15, -0.1) is 16.4 Å². The standard InChI is InChI=1S/C7H8N4OS2/c1-11-6(8-9-10-11)5-3-4-13-7(5)14(2)12/h3-4H,1-2H3. The van der Waals surface area contributed by atoms with E-state index in [9.17, 15) is 4.21 Å². The molecular formula is C7H8N4OS2. The molecule has 14 heavy (non-hydrogen) atoms. The SMILES string of the molecule is Cn1nnnc1-c1ccsc1S(C)=O. The third-order valence-electron chi connectivity index (χ3n) is 1.75. The van der Waals surface area contributed by atoms with E-state index < -0.39 is 10.8 Å². The summed E-state index contributed by atoms with van der Waals surface area (Å²) in [6, 6.07) is 1.88. The second-order valence-electron chi connectivity index (χ2n) is 2.70. The highest BCUT2D eigenvalue weighted by molar-refractivity contribution is 7.86. The van der Waals surface area contributed by atoms with Crippen molar-refractivity contribution in [3.05, 3.63) is 11.4 Å². The fourth-order valence-electron chi connectivity index (χ4n) is 1.14. The molecule has 0 amide bonds. The smallest absolute Gasteiger partial charge is 0.183 e. The third kappa shape index (κ3) is 1.48. The lowest BCUT2D eigenvalue weighted by Gasteiger charge is -1.97. The molecular weight excluding hydrogens is 220 g/mol. The number of hydrogen-bond acceptors (Lipinski definition) is 5. The second-order valence-corrected chi connectivity index (χ2v) is 5.19. The normalized spacial score (nSPS) is 13.0. The number of nitrogens with zero attached hydrogens (tertiary/aromatic N) is 4. The Labute approximate surface area is 87.2 Å². The average molecular weight is 228 g/mol. The van der Waals surface area contributed by atoms with Gasteiger partial charge in [0.05, 0.1) is 10.8 Å². The summed E-state index contributed by atoms with van der Waals surface area (Å²) in [5, 5.41) is 13.0. The summed E-state index contributed by atoms with van der Waals surface area (Å²) in [4.78, 5) is 0. The molecule has 2 heterocycles. The van der Waals surface area contributed by atoms with Crippen LogP contribution in [0, 0.1) is 0 Å². The Kier molecular flexibility index (Phi) is 2.42. The van der Waals surface area contributed by atoms with Gasteiger partial charge < -0.3 is 0 Å². The quantitative estimate of drug-likeness (QED) is 0.758. The van der Waals surface area contributed by atoms with Crippen LogP contribution in [-0.4, -0.2) is 30.7 Å². The Balaban J connectivity index is 2.57. The molecule has 2 aromatic heterocycles. The summed E-state index contributed by atoms with van der Waals surface area (Å²) in [6.45, 7) is 0. The van der Waals surface area contributed by atoms with Gasteiger partial charge in [0, 0.05) is 18.9 Å². The number of rotatable bonds is 2. The molecule has 0 spiro atoms. The van der Waals surface area contributed by atoms with E-state index >= 15 is 0 Å². The van der Waals surface area contributed by atoms with Crippen molar-refractivity contribution in [2.75, 3.05) is 6.26 Å². The van der Waals surface area contributed by atoms with E-state index in [0.717, 1.165) is 9.77 Å². The Bertz CT molecular complexity index is 475. The molecule has 0 saturated heterocycles. The predicted octanol–water partition coefficient (Wildman–Crippen LogP) is 0.676. The lowest BCUT2D eigenvalue weighted by Crippen LogP contribution is -1.96. The molecule has 2 aromatic rings. The largest absolute Gasteiger partial charge is 0.254 e. The molecule has 1 unspecified atom stereocenters. The molecule has 0 bridgehead atoms. The first-order chi connectivity index (χ1) is 6.70. The van der Waals surface area contributed by atoms with Gasteiger partial charge in [-0.3, -0.25) is 4.21 Å². The van der Waals surface area contributed by atoms with E-state index in [-0.39, 0.29) is 0 Å². The van der Waals surface area contributed by atoms with E-state index in [0.29, 0.717) is 5.82 Å². The topological polar surface area (TPSA) is 60.7 Å². The van der Waals surface area contributed by atoms with Gasteiger partial charge in [0.1, 0.15) is 4.21 Å². The lowest BCUT2D eigenvalue weighted by atomic mass is 10.3. The molecule has 0 N–H and O–H groups in total. The van der Waals surface area contributed by atoms with Crippen molar-refractivity contribution in [2.24, 2.45) is 7.05 Å². The van der Waals surface area contributed by atoms with E-state index in [4.69, 9.17) is 0 Å². The molecule has 1 atom stereocenters. The minimum Gasteiger partial charge on any atom is -0.254 e. The maximum absolute atomic E-state index is 11.4. The average Bonchev–Trinajstić information content (AvgIpc) is 2.70. The highest BCUT2D eigenvalue weighted by Gasteiger charge is 2.14. The van der Waals surface area contributed by atoms with Gasteiger partial charge in [-0.1, -0.05) is 0 Å². The van der Waals surface area contributed by atoms with Crippen LogP contribution in [0.15, 0.2) is 15.7 Å². The Morgan fingerprint density at radius 3 is 2.93 bits per heavy atom. The van der Waals surface area contributed by atoms with E-state index in [1.807, 2.05) is 11.4 Å². The van der Waals surface area contributed by atoms with Crippen molar-refractivity contribution in [3.63, 3.8) is 0 Å². The molecule has 0 saturated carbocycles. The fraction of sp³-hybridized carbons (Fsp3) is 0.286. The van der Waals surface area contributed by atoms with E-state index in [2.05, 4.69) is 15.5 Å². The molecule has 74 valence electrons. The molecule has 2 rings (SSSR count). The first-order valence-corrected chi connectivity index (χ1v) is 6.27. The van der Waals surface area contributed by atoms with Crippen molar-refractivity contribution in [2.45, 2.75) is 4.21 Å². The first-order valence-electron chi connectivity index (χ1n) is 3.84. The molecule has 0 aliphatic heterocycles. The van der Waals surface area contributed by atoms with Crippen LogP contribution in [-0.2, 0) is 17.8 Å². The van der Waals surface area contributed by atoms with Crippen molar-refractivity contribution in [1.82, 2.24) is 20.2 Å². The van der Waals surface area contributed by atoms with Crippen LogP contribution in [0.25, 0.3) is 11.4 Å². The Hall–Kier alpha value is -1.08.